The van der Waals surface area contributed by atoms with E-state index in [1.54, 1.807) is 6.92 Å². The Morgan fingerprint density at radius 1 is 1.62 bits per heavy atom. The molecule has 1 rings (SSSR count). The van der Waals surface area contributed by atoms with Crippen LogP contribution in [0.2, 0.25) is 0 Å². The average molecular weight is 243 g/mol. The van der Waals surface area contributed by atoms with Crippen LogP contribution in [0.1, 0.15) is 32.5 Å². The monoisotopic (exact) mass is 243 g/mol. The van der Waals surface area contributed by atoms with Crippen molar-refractivity contribution in [2.45, 2.75) is 33.1 Å². The number of carboxylic acid groups (broad SMARTS) is 1. The molecule has 0 saturated heterocycles. The van der Waals surface area contributed by atoms with Gasteiger partial charge in [0, 0.05) is 24.5 Å². The van der Waals surface area contributed by atoms with Gasteiger partial charge < -0.3 is 10.4 Å². The van der Waals surface area contributed by atoms with E-state index in [0.717, 1.165) is 30.3 Å². The van der Waals surface area contributed by atoms with Gasteiger partial charge in [-0.3, -0.25) is 4.79 Å². The van der Waals surface area contributed by atoms with Gasteiger partial charge in [0.25, 0.3) is 0 Å². The summed E-state index contributed by atoms with van der Waals surface area (Å²) >= 11 is 1.35. The van der Waals surface area contributed by atoms with Crippen LogP contribution < -0.4 is 5.32 Å². The molecule has 0 aliphatic carbocycles. The molecule has 1 aromatic rings. The number of nitrogens with one attached hydrogen (secondary N) is 1. The maximum absolute atomic E-state index is 10.6. The minimum atomic E-state index is -0.732. The molecule has 0 bridgehead atoms. The van der Waals surface area contributed by atoms with Crippen molar-refractivity contribution in [3.05, 3.63) is 5.82 Å². The molecule has 2 N–H and O–H groups in total. The zero-order chi connectivity index (χ0) is 12.0. The molecule has 0 radical (unpaired) electrons. The predicted molar refractivity (Wildman–Crippen MR) is 63.8 cm³/mol. The first-order valence-electron chi connectivity index (χ1n) is 5.42. The molecule has 1 atom stereocenters. The Morgan fingerprint density at radius 3 is 2.94 bits per heavy atom. The molecule has 0 aromatic carbocycles. The third-order valence-electron chi connectivity index (χ3n) is 2.30. The fourth-order valence-corrected chi connectivity index (χ4v) is 1.87. The fourth-order valence-electron chi connectivity index (χ4n) is 1.20. The second-order valence-corrected chi connectivity index (χ2v) is 4.43. The first kappa shape index (κ1) is 12.9. The molecule has 1 aromatic heterocycles. The molecule has 6 heteroatoms. The maximum atomic E-state index is 10.6. The van der Waals surface area contributed by atoms with Crippen molar-refractivity contribution in [3.63, 3.8) is 0 Å². The van der Waals surface area contributed by atoms with E-state index in [0.29, 0.717) is 6.42 Å². The first-order valence-corrected chi connectivity index (χ1v) is 6.20. The smallest absolute Gasteiger partial charge is 0.306 e. The molecule has 1 unspecified atom stereocenters. The maximum Gasteiger partial charge on any atom is 0.306 e. The quantitative estimate of drug-likeness (QED) is 0.716. The summed E-state index contributed by atoms with van der Waals surface area (Å²) in [6.07, 6.45) is 2.35. The summed E-state index contributed by atoms with van der Waals surface area (Å²) < 4.78 is 4.15. The molecule has 0 amide bonds. The minimum absolute atomic E-state index is 0.276. The predicted octanol–water partition coefficient (Wildman–Crippen LogP) is 2.01. The van der Waals surface area contributed by atoms with Gasteiger partial charge in [0.05, 0.1) is 5.92 Å². The van der Waals surface area contributed by atoms with Crippen LogP contribution in [0.4, 0.5) is 5.13 Å². The van der Waals surface area contributed by atoms with Crippen molar-refractivity contribution in [2.24, 2.45) is 5.92 Å². The third kappa shape index (κ3) is 4.14. The number of aliphatic carboxylic acids is 1. The second kappa shape index (κ2) is 6.42. The van der Waals surface area contributed by atoms with Gasteiger partial charge in [-0.1, -0.05) is 13.8 Å². The summed E-state index contributed by atoms with van der Waals surface area (Å²) in [5.41, 5.74) is 0. The minimum Gasteiger partial charge on any atom is -0.481 e. The molecule has 0 aliphatic rings. The van der Waals surface area contributed by atoms with Gasteiger partial charge in [-0.2, -0.15) is 4.37 Å². The van der Waals surface area contributed by atoms with E-state index in [1.807, 2.05) is 6.92 Å². The van der Waals surface area contributed by atoms with Crippen LogP contribution in [-0.4, -0.2) is 27.0 Å². The van der Waals surface area contributed by atoms with Crippen LogP contribution in [0.15, 0.2) is 0 Å². The molecule has 0 aliphatic heterocycles. The van der Waals surface area contributed by atoms with Crippen LogP contribution in [0.3, 0.4) is 0 Å². The van der Waals surface area contributed by atoms with Gasteiger partial charge in [0.1, 0.15) is 5.82 Å². The Kier molecular flexibility index (Phi) is 5.18. The Bertz CT molecular complexity index is 341. The van der Waals surface area contributed by atoms with Crippen LogP contribution >= 0.6 is 11.5 Å². The molecule has 0 saturated carbocycles. The number of anilines is 1. The van der Waals surface area contributed by atoms with Gasteiger partial charge in [-0.15, -0.1) is 0 Å². The molecule has 90 valence electrons. The summed E-state index contributed by atoms with van der Waals surface area (Å²) in [6.45, 7) is 4.48. The Hall–Kier alpha value is -1.17. The van der Waals surface area contributed by atoms with Crippen molar-refractivity contribution >= 4 is 22.6 Å². The normalized spacial score (nSPS) is 12.4. The molecule has 0 spiro atoms. The highest BCUT2D eigenvalue weighted by Gasteiger charge is 2.09. The van der Waals surface area contributed by atoms with Gasteiger partial charge in [-0.25, -0.2) is 4.98 Å². The lowest BCUT2D eigenvalue weighted by Gasteiger charge is -2.05. The zero-order valence-corrected chi connectivity index (χ0v) is 10.4. The van der Waals surface area contributed by atoms with Gasteiger partial charge in [0.2, 0.25) is 5.13 Å². The number of carbonyl (C=O) groups is 1. The Labute approximate surface area is 99.1 Å². The first-order chi connectivity index (χ1) is 7.63. The molecular weight excluding hydrogens is 226 g/mol. The van der Waals surface area contributed by atoms with Crippen LogP contribution in [-0.2, 0) is 11.2 Å². The van der Waals surface area contributed by atoms with Gasteiger partial charge in [-0.05, 0) is 12.8 Å². The lowest BCUT2D eigenvalue weighted by molar-refractivity contribution is -0.141. The third-order valence-corrected chi connectivity index (χ3v) is 3.01. The highest BCUT2D eigenvalue weighted by molar-refractivity contribution is 7.09. The van der Waals surface area contributed by atoms with Crippen molar-refractivity contribution in [1.82, 2.24) is 9.36 Å². The lowest BCUT2D eigenvalue weighted by atomic mass is 10.1. The lowest BCUT2D eigenvalue weighted by Crippen LogP contribution is -2.11. The fraction of sp³-hybridized carbons (Fsp3) is 0.700. The van der Waals surface area contributed by atoms with Crippen molar-refractivity contribution in [1.29, 1.82) is 0 Å². The number of aryl methyl sites for hydroxylation is 1. The molecule has 16 heavy (non-hydrogen) atoms. The molecular formula is C10H17N3O2S. The van der Waals surface area contributed by atoms with E-state index in [-0.39, 0.29) is 5.92 Å². The Balaban J connectivity index is 2.18. The van der Waals surface area contributed by atoms with E-state index in [9.17, 15) is 4.79 Å². The largest absolute Gasteiger partial charge is 0.481 e. The summed E-state index contributed by atoms with van der Waals surface area (Å²) in [5, 5.41) is 12.7. The van der Waals surface area contributed by atoms with E-state index in [2.05, 4.69) is 14.7 Å². The van der Waals surface area contributed by atoms with Crippen molar-refractivity contribution < 1.29 is 9.90 Å². The topological polar surface area (TPSA) is 75.1 Å². The Morgan fingerprint density at radius 2 is 2.38 bits per heavy atom. The van der Waals surface area contributed by atoms with Crippen molar-refractivity contribution in [3.8, 4) is 0 Å². The summed E-state index contributed by atoms with van der Waals surface area (Å²) in [5.74, 6) is -0.155. The standard InChI is InChI=1S/C10H17N3O2S/c1-3-8-12-10(16-13-8)11-6-4-5-7(2)9(14)15/h7H,3-6H2,1-2H3,(H,14,15)(H,11,12,13). The average Bonchev–Trinajstić information content (AvgIpc) is 2.71. The number of aromatic nitrogens is 2. The van der Waals surface area contributed by atoms with Crippen LogP contribution in [0.5, 0.6) is 0 Å². The van der Waals surface area contributed by atoms with E-state index < -0.39 is 5.97 Å². The molecule has 0 fully saturated rings. The van der Waals surface area contributed by atoms with E-state index in [4.69, 9.17) is 5.11 Å². The second-order valence-electron chi connectivity index (χ2n) is 3.68. The highest BCUT2D eigenvalue weighted by Crippen LogP contribution is 2.12. The van der Waals surface area contributed by atoms with Crippen LogP contribution in [0.25, 0.3) is 0 Å². The molecule has 5 nitrogen and oxygen atoms in total. The van der Waals surface area contributed by atoms with Gasteiger partial charge >= 0.3 is 5.97 Å². The number of hydrogen-bond acceptors (Lipinski definition) is 5. The molecule has 1 heterocycles. The number of nitrogens with zero attached hydrogens (tertiary/aromatic N) is 2. The van der Waals surface area contributed by atoms with Gasteiger partial charge in [0.15, 0.2) is 0 Å². The van der Waals surface area contributed by atoms with Crippen molar-refractivity contribution in [2.75, 3.05) is 11.9 Å². The van der Waals surface area contributed by atoms with E-state index >= 15 is 0 Å². The highest BCUT2D eigenvalue weighted by atomic mass is 32.1. The number of carboxylic acids is 1. The van der Waals surface area contributed by atoms with E-state index in [1.165, 1.54) is 11.5 Å². The summed E-state index contributed by atoms with van der Waals surface area (Å²) in [7, 11) is 0. The van der Waals surface area contributed by atoms with Crippen LogP contribution in [0, 0.1) is 5.92 Å². The number of rotatable bonds is 7. The SMILES string of the molecule is CCc1nsc(NCCCC(C)C(=O)O)n1. The summed E-state index contributed by atoms with van der Waals surface area (Å²) in [6, 6.07) is 0. The summed E-state index contributed by atoms with van der Waals surface area (Å²) in [4.78, 5) is 14.8. The zero-order valence-electron chi connectivity index (χ0n) is 9.56. The number of hydrogen-bond donors (Lipinski definition) is 2.